The molecule has 5 heterocycles. The van der Waals surface area contributed by atoms with Crippen LogP contribution in [-0.2, 0) is 27.1 Å². The molecule has 0 saturated carbocycles. The third-order valence-corrected chi connectivity index (χ3v) is 16.8. The smallest absolute Gasteiger partial charge is 0.257 e. The first-order chi connectivity index (χ1) is 36.5. The van der Waals surface area contributed by atoms with Gasteiger partial charge in [0.1, 0.15) is 11.3 Å². The highest BCUT2D eigenvalue weighted by atomic mass is 32.1. The van der Waals surface area contributed by atoms with Crippen LogP contribution in [0.2, 0.25) is 0 Å². The lowest BCUT2D eigenvalue weighted by Crippen LogP contribution is -2.61. The van der Waals surface area contributed by atoms with E-state index in [1.165, 1.54) is 28.0 Å². The van der Waals surface area contributed by atoms with Gasteiger partial charge in [0.25, 0.3) is 6.71 Å². The van der Waals surface area contributed by atoms with E-state index in [1.807, 2.05) is 31.4 Å². The fourth-order valence-corrected chi connectivity index (χ4v) is 13.7. The van der Waals surface area contributed by atoms with Gasteiger partial charge < -0.3 is 18.8 Å². The molecule has 0 spiro atoms. The summed E-state index contributed by atoms with van der Waals surface area (Å²) in [5.41, 5.74) is 13.9. The molecule has 3 aliphatic rings. The van der Waals surface area contributed by atoms with E-state index in [1.54, 1.807) is 0 Å². The lowest BCUT2D eigenvalue weighted by atomic mass is 9.33. The van der Waals surface area contributed by atoms with Crippen LogP contribution < -0.4 is 26.2 Å². The fourth-order valence-electron chi connectivity index (χ4n) is 12.5. The number of aromatic nitrogens is 1. The second-order valence-corrected chi connectivity index (χ2v) is 25.9. The van der Waals surface area contributed by atoms with Crippen molar-refractivity contribution in [2.45, 2.75) is 124 Å². The minimum Gasteiger partial charge on any atom is -0.461 e. The summed E-state index contributed by atoms with van der Waals surface area (Å²) >= 11 is 1.28. The Morgan fingerprint density at radius 2 is 1.25 bits per heavy atom. The molecule has 71 heavy (non-hydrogen) atoms. The van der Waals surface area contributed by atoms with Gasteiger partial charge in [-0.1, -0.05) is 163 Å². The number of hydrogen-bond acceptors (Lipinski definition) is 4. The highest BCUT2D eigenvalue weighted by molar-refractivity contribution is 7.26. The Labute approximate surface area is 433 Å². The summed E-state index contributed by atoms with van der Waals surface area (Å²) in [6.07, 6.45) is 0.969. The molecule has 0 radical (unpaired) electrons. The van der Waals surface area contributed by atoms with Crippen LogP contribution in [-0.4, -0.2) is 11.3 Å². The average molecular weight is 953 g/mol. The Kier molecular flexibility index (Phi) is 7.65. The summed E-state index contributed by atoms with van der Waals surface area (Å²) in [5, 5.41) is 1.84. The molecule has 3 aromatic heterocycles. The van der Waals surface area contributed by atoms with Crippen molar-refractivity contribution in [3.8, 4) is 5.69 Å². The molecule has 0 amide bonds. The van der Waals surface area contributed by atoms with Gasteiger partial charge in [0.05, 0.1) is 31.0 Å². The maximum Gasteiger partial charge on any atom is 0.257 e. The molecular weight excluding hydrogens is 882 g/mol. The molecule has 10 aromatic rings. The third kappa shape index (κ3) is 6.42. The van der Waals surface area contributed by atoms with Crippen molar-refractivity contribution in [2.24, 2.45) is 0 Å². The molecule has 1 aliphatic carbocycles. The number of anilines is 6. The summed E-state index contributed by atoms with van der Waals surface area (Å²) in [6, 6.07) is 34.1. The van der Waals surface area contributed by atoms with Gasteiger partial charge in [-0.25, -0.2) is 0 Å². The predicted octanol–water partition coefficient (Wildman–Crippen LogP) is 16.7. The maximum absolute atomic E-state index is 9.87. The van der Waals surface area contributed by atoms with Gasteiger partial charge in [-0.2, -0.15) is 0 Å². The Morgan fingerprint density at radius 1 is 0.577 bits per heavy atom. The number of fused-ring (bicyclic) bond motifs is 13. The van der Waals surface area contributed by atoms with Crippen molar-refractivity contribution in [1.29, 1.82) is 0 Å². The van der Waals surface area contributed by atoms with Crippen LogP contribution in [0.25, 0.3) is 47.9 Å². The first kappa shape index (κ1) is 37.3. The fraction of sp³-hybridized carbons (Fsp3) is 0.292. The minimum absolute atomic E-state index is 0.0375. The van der Waals surface area contributed by atoms with Crippen molar-refractivity contribution in [2.75, 3.05) is 9.80 Å². The molecule has 0 N–H and O–H groups in total. The SMILES string of the molecule is [2H]c1c([2H])c([2H])c2c(c1[2H])c1sc3c([2H])c(C(C)(C)C)c([2H])c([2H])c3c1n2-c1cc2c3c(c1)N(c1ccccc1)c1ccc4c5c(oc4c1B3c1ccc(C(C)(C)C)cc1N2c1cccc(C(C)(C)C)c1)C(C)(C)CC5(C)C. The molecular formula is C65H64BN3OS. The van der Waals surface area contributed by atoms with E-state index in [0.717, 1.165) is 73.7 Å². The summed E-state index contributed by atoms with van der Waals surface area (Å²) in [4.78, 5) is 4.75. The molecule has 7 aromatic carbocycles. The molecule has 0 bridgehead atoms. The molecule has 354 valence electrons. The van der Waals surface area contributed by atoms with Gasteiger partial charge in [0, 0.05) is 66.0 Å². The Balaban J connectivity index is 1.25. The number of nitrogens with zero attached hydrogens (tertiary/aromatic N) is 3. The average Bonchev–Trinajstić information content (AvgIpc) is 3.14. The van der Waals surface area contributed by atoms with E-state index in [9.17, 15) is 8.22 Å². The van der Waals surface area contributed by atoms with Crippen molar-refractivity contribution < 1.29 is 14.0 Å². The number of thiophene rings is 1. The van der Waals surface area contributed by atoms with Gasteiger partial charge >= 0.3 is 0 Å². The van der Waals surface area contributed by atoms with E-state index in [0.29, 0.717) is 36.9 Å². The standard InChI is InChI=1S/C65H64BN3OS/c1-61(2,3)38-20-19-23-42(32-38)68-50-33-39(62(4,5)6)27-30-47(50)66-55-51(67(41-21-15-14-16-22-41)49-31-29-46-54-60(70-58(46)56(49)66)65(12,13)37-64(54,10)11)35-43(36-52(55)68)69-48-25-18-17-24-44(48)59-57(69)45-28-26-40(63(7,8)9)34-53(45)71-59/h14-36H,37H2,1-13H3/i17D,18D,24D,25D,26D,28D,34D. The van der Waals surface area contributed by atoms with Crippen molar-refractivity contribution in [3.63, 3.8) is 0 Å². The molecule has 2 aliphatic heterocycles. The van der Waals surface area contributed by atoms with E-state index in [-0.39, 0.29) is 76.2 Å². The second kappa shape index (κ2) is 14.6. The lowest BCUT2D eigenvalue weighted by molar-refractivity contribution is 0.362. The molecule has 4 nitrogen and oxygen atoms in total. The van der Waals surface area contributed by atoms with Gasteiger partial charge in [-0.3, -0.25) is 0 Å². The zero-order chi connectivity index (χ0) is 55.6. The number of furan rings is 1. The van der Waals surface area contributed by atoms with Gasteiger partial charge in [-0.05, 0) is 128 Å². The number of para-hydroxylation sites is 2. The first-order valence-electron chi connectivity index (χ1n) is 28.7. The molecule has 0 unspecified atom stereocenters. The van der Waals surface area contributed by atoms with Crippen LogP contribution in [0.3, 0.4) is 0 Å². The van der Waals surface area contributed by atoms with Gasteiger partial charge in [0.15, 0.2) is 0 Å². The Bertz CT molecular complexity index is 4300. The van der Waals surface area contributed by atoms with Crippen LogP contribution in [0.15, 0.2) is 144 Å². The van der Waals surface area contributed by atoms with Crippen LogP contribution >= 0.6 is 11.3 Å². The highest BCUT2D eigenvalue weighted by Crippen LogP contribution is 2.55. The molecule has 0 atom stereocenters. The summed E-state index contributed by atoms with van der Waals surface area (Å²) in [6.45, 7) is 28.3. The second-order valence-electron chi connectivity index (χ2n) is 24.8. The number of hydrogen-bond donors (Lipinski definition) is 0. The predicted molar refractivity (Wildman–Crippen MR) is 307 cm³/mol. The van der Waals surface area contributed by atoms with E-state index in [2.05, 4.69) is 170 Å². The van der Waals surface area contributed by atoms with Crippen LogP contribution in [0.1, 0.15) is 134 Å². The van der Waals surface area contributed by atoms with Gasteiger partial charge in [-0.15, -0.1) is 11.3 Å². The highest BCUT2D eigenvalue weighted by Gasteiger charge is 2.50. The summed E-state index contributed by atoms with van der Waals surface area (Å²) < 4.78 is 77.2. The van der Waals surface area contributed by atoms with Crippen molar-refractivity contribution in [1.82, 2.24) is 4.57 Å². The summed E-state index contributed by atoms with van der Waals surface area (Å²) in [7, 11) is 0. The topological polar surface area (TPSA) is 24.6 Å². The molecule has 6 heteroatoms. The van der Waals surface area contributed by atoms with Crippen LogP contribution in [0.5, 0.6) is 0 Å². The minimum atomic E-state index is -0.618. The lowest BCUT2D eigenvalue weighted by Gasteiger charge is -2.45. The molecule has 13 rings (SSSR count). The third-order valence-electron chi connectivity index (χ3n) is 15.7. The Morgan fingerprint density at radius 3 is 1.97 bits per heavy atom. The van der Waals surface area contributed by atoms with Gasteiger partial charge in [0.2, 0.25) is 0 Å². The normalized spacial score (nSPS) is 17.4. The van der Waals surface area contributed by atoms with E-state index < -0.39 is 5.41 Å². The van der Waals surface area contributed by atoms with E-state index in [4.69, 9.17) is 5.79 Å². The quantitative estimate of drug-likeness (QED) is 0.165. The van der Waals surface area contributed by atoms with Crippen LogP contribution in [0, 0.1) is 0 Å². The number of rotatable bonds is 3. The molecule has 0 saturated heterocycles. The number of benzene rings is 7. The Hall–Kier alpha value is -6.50. The van der Waals surface area contributed by atoms with Crippen LogP contribution in [0.4, 0.5) is 34.1 Å². The van der Waals surface area contributed by atoms with Crippen molar-refractivity contribution in [3.05, 3.63) is 167 Å². The first-order valence-corrected chi connectivity index (χ1v) is 26.0. The zero-order valence-corrected chi connectivity index (χ0v) is 44.0. The molecule has 0 fully saturated rings. The largest absolute Gasteiger partial charge is 0.461 e. The van der Waals surface area contributed by atoms with Crippen molar-refractivity contribution >= 4 is 111 Å². The monoisotopic (exact) mass is 953 g/mol. The maximum atomic E-state index is 9.87. The van der Waals surface area contributed by atoms with E-state index >= 15 is 0 Å². The zero-order valence-electron chi connectivity index (χ0n) is 50.2. The summed E-state index contributed by atoms with van der Waals surface area (Å²) in [5.74, 6) is 1.04.